The van der Waals surface area contributed by atoms with Gasteiger partial charge in [-0.25, -0.2) is 4.79 Å². The Balaban J connectivity index is 1.64. The SMILES string of the molecule is O=C(C[C@@H]1NC(=O)NC1=O)N[C@@H](c1ccccc1)C1CCC1. The van der Waals surface area contributed by atoms with Crippen LogP contribution in [0.25, 0.3) is 0 Å². The van der Waals surface area contributed by atoms with Gasteiger partial charge in [-0.05, 0) is 24.3 Å². The average Bonchev–Trinajstić information content (AvgIpc) is 2.75. The lowest BCUT2D eigenvalue weighted by molar-refractivity contribution is -0.127. The van der Waals surface area contributed by atoms with E-state index in [4.69, 9.17) is 0 Å². The zero-order valence-electron chi connectivity index (χ0n) is 12.2. The fraction of sp³-hybridized carbons (Fsp3) is 0.438. The second-order valence-corrected chi connectivity index (χ2v) is 5.87. The molecule has 6 heteroatoms. The Hall–Kier alpha value is -2.37. The van der Waals surface area contributed by atoms with Crippen molar-refractivity contribution in [2.75, 3.05) is 0 Å². The molecule has 2 aliphatic rings. The fourth-order valence-electron chi connectivity index (χ4n) is 2.93. The molecule has 3 rings (SSSR count). The summed E-state index contributed by atoms with van der Waals surface area (Å²) in [6.07, 6.45) is 3.35. The third-order valence-corrected chi connectivity index (χ3v) is 4.34. The lowest BCUT2D eigenvalue weighted by Gasteiger charge is -2.34. The maximum Gasteiger partial charge on any atom is 0.322 e. The van der Waals surface area contributed by atoms with E-state index in [1.54, 1.807) is 0 Å². The second-order valence-electron chi connectivity index (χ2n) is 5.87. The quantitative estimate of drug-likeness (QED) is 0.715. The predicted octanol–water partition coefficient (Wildman–Crippen LogP) is 1.24. The van der Waals surface area contributed by atoms with Crippen LogP contribution in [-0.4, -0.2) is 23.9 Å². The van der Waals surface area contributed by atoms with E-state index >= 15 is 0 Å². The molecule has 1 aromatic rings. The highest BCUT2D eigenvalue weighted by atomic mass is 16.2. The number of hydrogen-bond donors (Lipinski definition) is 3. The van der Waals surface area contributed by atoms with Crippen LogP contribution >= 0.6 is 0 Å². The summed E-state index contributed by atoms with van der Waals surface area (Å²) in [7, 11) is 0. The van der Waals surface area contributed by atoms with Gasteiger partial charge in [-0.15, -0.1) is 0 Å². The number of benzene rings is 1. The topological polar surface area (TPSA) is 87.3 Å². The summed E-state index contributed by atoms with van der Waals surface area (Å²) in [6.45, 7) is 0. The van der Waals surface area contributed by atoms with Crippen LogP contribution in [0, 0.1) is 5.92 Å². The van der Waals surface area contributed by atoms with E-state index in [0.717, 1.165) is 18.4 Å². The number of carbonyl (C=O) groups is 3. The molecule has 3 N–H and O–H groups in total. The zero-order valence-corrected chi connectivity index (χ0v) is 12.2. The molecule has 6 nitrogen and oxygen atoms in total. The van der Waals surface area contributed by atoms with Gasteiger partial charge < -0.3 is 10.6 Å². The van der Waals surface area contributed by atoms with Gasteiger partial charge in [-0.2, -0.15) is 0 Å². The lowest BCUT2D eigenvalue weighted by Crippen LogP contribution is -2.40. The summed E-state index contributed by atoms with van der Waals surface area (Å²) < 4.78 is 0. The molecule has 0 bridgehead atoms. The number of imide groups is 1. The summed E-state index contributed by atoms with van der Waals surface area (Å²) in [5.41, 5.74) is 1.08. The van der Waals surface area contributed by atoms with E-state index in [-0.39, 0.29) is 18.4 Å². The van der Waals surface area contributed by atoms with Gasteiger partial charge in [0.2, 0.25) is 5.91 Å². The molecule has 22 heavy (non-hydrogen) atoms. The minimum atomic E-state index is -0.773. The van der Waals surface area contributed by atoms with E-state index in [1.165, 1.54) is 6.42 Å². The number of amides is 4. The van der Waals surface area contributed by atoms with Crippen LogP contribution in [0.1, 0.15) is 37.3 Å². The van der Waals surface area contributed by atoms with E-state index in [1.807, 2.05) is 30.3 Å². The molecule has 1 aromatic carbocycles. The largest absolute Gasteiger partial charge is 0.349 e. The van der Waals surface area contributed by atoms with Crippen LogP contribution in [0.2, 0.25) is 0 Å². The monoisotopic (exact) mass is 301 g/mol. The molecule has 1 saturated heterocycles. The Morgan fingerprint density at radius 1 is 1.23 bits per heavy atom. The van der Waals surface area contributed by atoms with Crippen molar-refractivity contribution in [1.29, 1.82) is 0 Å². The molecule has 1 saturated carbocycles. The van der Waals surface area contributed by atoms with Gasteiger partial charge >= 0.3 is 6.03 Å². The van der Waals surface area contributed by atoms with E-state index < -0.39 is 18.0 Å². The highest BCUT2D eigenvalue weighted by Gasteiger charge is 2.34. The van der Waals surface area contributed by atoms with Crippen molar-refractivity contribution < 1.29 is 14.4 Å². The molecule has 0 unspecified atom stereocenters. The van der Waals surface area contributed by atoms with Crippen molar-refractivity contribution in [2.45, 2.75) is 37.8 Å². The van der Waals surface area contributed by atoms with Gasteiger partial charge in [0.25, 0.3) is 5.91 Å². The van der Waals surface area contributed by atoms with Gasteiger partial charge in [-0.1, -0.05) is 36.8 Å². The molecule has 1 aliphatic carbocycles. The molecule has 0 aromatic heterocycles. The van der Waals surface area contributed by atoms with Gasteiger partial charge in [-0.3, -0.25) is 14.9 Å². The van der Waals surface area contributed by atoms with Crippen molar-refractivity contribution in [2.24, 2.45) is 5.92 Å². The van der Waals surface area contributed by atoms with Gasteiger partial charge in [0.15, 0.2) is 0 Å². The molecule has 116 valence electrons. The zero-order chi connectivity index (χ0) is 15.5. The summed E-state index contributed by atoms with van der Waals surface area (Å²) in [5, 5.41) is 7.60. The Morgan fingerprint density at radius 2 is 1.95 bits per heavy atom. The third kappa shape index (κ3) is 3.10. The lowest BCUT2D eigenvalue weighted by atomic mass is 9.77. The van der Waals surface area contributed by atoms with Crippen molar-refractivity contribution >= 4 is 17.8 Å². The fourth-order valence-corrected chi connectivity index (χ4v) is 2.93. The molecular formula is C16H19N3O3. The maximum atomic E-state index is 12.2. The first kappa shape index (κ1) is 14.6. The Morgan fingerprint density at radius 3 is 2.50 bits per heavy atom. The van der Waals surface area contributed by atoms with Crippen LogP contribution in [0.3, 0.4) is 0 Å². The standard InChI is InChI=1S/C16H19N3O3/c20-13(9-12-15(21)19-16(22)17-12)18-14(11-7-4-8-11)10-5-2-1-3-6-10/h1-3,5-6,11-12,14H,4,7-9H2,(H,18,20)(H2,17,19,21,22)/t12-,14-/m0/s1. The van der Waals surface area contributed by atoms with E-state index in [2.05, 4.69) is 16.0 Å². The number of hydrogen-bond acceptors (Lipinski definition) is 3. The molecular weight excluding hydrogens is 282 g/mol. The molecule has 2 fully saturated rings. The second kappa shape index (κ2) is 6.17. The Labute approximate surface area is 128 Å². The van der Waals surface area contributed by atoms with Crippen LogP contribution in [0.5, 0.6) is 0 Å². The number of carbonyl (C=O) groups excluding carboxylic acids is 3. The van der Waals surface area contributed by atoms with E-state index in [9.17, 15) is 14.4 Å². The number of urea groups is 1. The number of nitrogens with one attached hydrogen (secondary N) is 3. The average molecular weight is 301 g/mol. The molecule has 1 aliphatic heterocycles. The normalized spacial score (nSPS) is 22.5. The first-order chi connectivity index (χ1) is 10.6. The minimum Gasteiger partial charge on any atom is -0.349 e. The highest BCUT2D eigenvalue weighted by molar-refractivity contribution is 6.05. The summed E-state index contributed by atoms with van der Waals surface area (Å²) in [5.74, 6) is -0.221. The first-order valence-electron chi connectivity index (χ1n) is 7.59. The molecule has 0 radical (unpaired) electrons. The smallest absolute Gasteiger partial charge is 0.322 e. The molecule has 4 amide bonds. The van der Waals surface area contributed by atoms with Crippen molar-refractivity contribution in [3.63, 3.8) is 0 Å². The van der Waals surface area contributed by atoms with Crippen LogP contribution in [0.15, 0.2) is 30.3 Å². The van der Waals surface area contributed by atoms with E-state index in [0.29, 0.717) is 5.92 Å². The predicted molar refractivity (Wildman–Crippen MR) is 79.7 cm³/mol. The van der Waals surface area contributed by atoms with Crippen LogP contribution in [0.4, 0.5) is 4.79 Å². The number of rotatable bonds is 5. The summed E-state index contributed by atoms with van der Waals surface area (Å²) in [4.78, 5) is 34.8. The van der Waals surface area contributed by atoms with Gasteiger partial charge in [0, 0.05) is 0 Å². The Kier molecular flexibility index (Phi) is 4.09. The minimum absolute atomic E-state index is 0.0254. The first-order valence-corrected chi connectivity index (χ1v) is 7.59. The third-order valence-electron chi connectivity index (χ3n) is 4.34. The molecule has 1 heterocycles. The van der Waals surface area contributed by atoms with Crippen LogP contribution in [-0.2, 0) is 9.59 Å². The van der Waals surface area contributed by atoms with Gasteiger partial charge in [0.1, 0.15) is 6.04 Å². The van der Waals surface area contributed by atoms with Gasteiger partial charge in [0.05, 0.1) is 12.5 Å². The maximum absolute atomic E-state index is 12.2. The summed E-state index contributed by atoms with van der Waals surface area (Å²) >= 11 is 0. The Bertz CT molecular complexity index is 584. The molecule has 2 atom stereocenters. The summed E-state index contributed by atoms with van der Waals surface area (Å²) in [6, 6.07) is 8.53. The van der Waals surface area contributed by atoms with Crippen molar-refractivity contribution in [1.82, 2.24) is 16.0 Å². The van der Waals surface area contributed by atoms with Crippen LogP contribution < -0.4 is 16.0 Å². The molecule has 0 spiro atoms. The van der Waals surface area contributed by atoms with Crippen molar-refractivity contribution in [3.8, 4) is 0 Å². The van der Waals surface area contributed by atoms with Crippen molar-refractivity contribution in [3.05, 3.63) is 35.9 Å². The highest BCUT2D eigenvalue weighted by Crippen LogP contribution is 2.37.